The summed E-state index contributed by atoms with van der Waals surface area (Å²) in [6, 6.07) is 0.633. The van der Waals surface area contributed by atoms with E-state index in [9.17, 15) is 4.79 Å². The highest BCUT2D eigenvalue weighted by Crippen LogP contribution is 2.24. The van der Waals surface area contributed by atoms with Crippen LogP contribution in [0.4, 0.5) is 0 Å². The molecule has 0 bridgehead atoms. The Labute approximate surface area is 128 Å². The van der Waals surface area contributed by atoms with E-state index >= 15 is 0 Å². The molecule has 0 aromatic heterocycles. The Morgan fingerprint density at radius 3 is 2.50 bits per heavy atom. The largest absolute Gasteiger partial charge is 0.341 e. The molecule has 4 nitrogen and oxygen atoms in total. The molecule has 3 atom stereocenters. The number of piperidine rings is 1. The van der Waals surface area contributed by atoms with Crippen molar-refractivity contribution in [2.24, 2.45) is 11.8 Å². The van der Waals surface area contributed by atoms with Crippen molar-refractivity contribution in [3.8, 4) is 0 Å². The van der Waals surface area contributed by atoms with Crippen molar-refractivity contribution >= 4 is 18.3 Å². The predicted octanol–water partition coefficient (Wildman–Crippen LogP) is 1.35. The number of rotatable bonds is 2. The maximum atomic E-state index is 12.6. The van der Waals surface area contributed by atoms with E-state index in [0.29, 0.717) is 17.9 Å². The molecule has 0 aliphatic carbocycles. The number of nitrogens with zero attached hydrogens (tertiary/aromatic N) is 2. The average Bonchev–Trinajstić information content (AvgIpc) is 3.08. The van der Waals surface area contributed by atoms with Gasteiger partial charge in [-0.1, -0.05) is 13.3 Å². The Morgan fingerprint density at radius 1 is 1.10 bits per heavy atom. The van der Waals surface area contributed by atoms with Gasteiger partial charge in [-0.05, 0) is 44.8 Å². The summed E-state index contributed by atoms with van der Waals surface area (Å²) < 4.78 is 0. The number of carbonyl (C=O) groups excluding carboxylic acids is 1. The molecule has 0 aromatic carbocycles. The summed E-state index contributed by atoms with van der Waals surface area (Å²) in [5, 5.41) is 3.34. The number of likely N-dealkylation sites (tertiary alicyclic amines) is 2. The normalized spacial score (nSPS) is 35.0. The zero-order valence-electron chi connectivity index (χ0n) is 12.5. The first-order valence-corrected chi connectivity index (χ1v) is 7.99. The molecule has 3 saturated heterocycles. The summed E-state index contributed by atoms with van der Waals surface area (Å²) in [7, 11) is 0. The lowest BCUT2D eigenvalue weighted by Gasteiger charge is -2.32. The first-order chi connectivity index (χ1) is 9.25. The third-order valence-electron chi connectivity index (χ3n) is 5.22. The molecule has 116 valence electrons. The zero-order chi connectivity index (χ0) is 13.2. The van der Waals surface area contributed by atoms with E-state index in [1.165, 1.54) is 38.8 Å². The molecular weight excluding hydrogens is 274 g/mol. The molecule has 3 aliphatic heterocycles. The molecule has 0 spiro atoms. The van der Waals surface area contributed by atoms with Crippen molar-refractivity contribution in [1.29, 1.82) is 0 Å². The third-order valence-corrected chi connectivity index (χ3v) is 5.22. The van der Waals surface area contributed by atoms with Gasteiger partial charge in [0.15, 0.2) is 0 Å². The van der Waals surface area contributed by atoms with E-state index in [-0.39, 0.29) is 18.3 Å². The van der Waals surface area contributed by atoms with E-state index in [2.05, 4.69) is 22.0 Å². The topological polar surface area (TPSA) is 35.6 Å². The molecular formula is C15H28ClN3O. The van der Waals surface area contributed by atoms with Crippen LogP contribution in [0.2, 0.25) is 0 Å². The predicted molar refractivity (Wildman–Crippen MR) is 83.2 cm³/mol. The van der Waals surface area contributed by atoms with Crippen LogP contribution in [0.3, 0.4) is 0 Å². The number of carbonyl (C=O) groups is 1. The minimum Gasteiger partial charge on any atom is -0.341 e. The molecule has 3 heterocycles. The Kier molecular flexibility index (Phi) is 5.70. The van der Waals surface area contributed by atoms with E-state index < -0.39 is 0 Å². The van der Waals surface area contributed by atoms with Crippen molar-refractivity contribution in [3.05, 3.63) is 0 Å². The fraction of sp³-hybridized carbons (Fsp3) is 0.933. The molecule has 0 aromatic rings. The monoisotopic (exact) mass is 301 g/mol. The molecule has 1 amide bonds. The second-order valence-electron chi connectivity index (χ2n) is 6.57. The third kappa shape index (κ3) is 3.29. The maximum Gasteiger partial charge on any atom is 0.227 e. The van der Waals surface area contributed by atoms with Crippen LogP contribution in [0.5, 0.6) is 0 Å². The minimum absolute atomic E-state index is 0. The van der Waals surface area contributed by atoms with Gasteiger partial charge in [-0.15, -0.1) is 12.4 Å². The van der Waals surface area contributed by atoms with Crippen LogP contribution >= 0.6 is 12.4 Å². The van der Waals surface area contributed by atoms with Gasteiger partial charge in [0, 0.05) is 25.7 Å². The second kappa shape index (κ2) is 7.10. The highest BCUT2D eigenvalue weighted by molar-refractivity contribution is 5.85. The van der Waals surface area contributed by atoms with Crippen molar-refractivity contribution < 1.29 is 4.79 Å². The molecule has 20 heavy (non-hydrogen) atoms. The van der Waals surface area contributed by atoms with E-state index in [0.717, 1.165) is 26.2 Å². The van der Waals surface area contributed by atoms with Gasteiger partial charge in [0.05, 0.1) is 5.92 Å². The van der Waals surface area contributed by atoms with Crippen LogP contribution in [-0.2, 0) is 4.79 Å². The number of nitrogens with one attached hydrogen (secondary N) is 1. The zero-order valence-corrected chi connectivity index (χ0v) is 13.3. The summed E-state index contributed by atoms with van der Waals surface area (Å²) in [4.78, 5) is 17.3. The Morgan fingerprint density at radius 2 is 1.85 bits per heavy atom. The Balaban J connectivity index is 0.00000147. The molecule has 1 unspecified atom stereocenters. The number of hydrogen-bond donors (Lipinski definition) is 1. The van der Waals surface area contributed by atoms with Crippen molar-refractivity contribution in [2.45, 2.75) is 38.6 Å². The van der Waals surface area contributed by atoms with Gasteiger partial charge < -0.3 is 10.2 Å². The van der Waals surface area contributed by atoms with Crippen LogP contribution in [0.25, 0.3) is 0 Å². The summed E-state index contributed by atoms with van der Waals surface area (Å²) in [5.74, 6) is 1.12. The summed E-state index contributed by atoms with van der Waals surface area (Å²) in [5.41, 5.74) is 0. The van der Waals surface area contributed by atoms with Crippen molar-refractivity contribution in [2.75, 3.05) is 39.3 Å². The van der Waals surface area contributed by atoms with Gasteiger partial charge in [-0.2, -0.15) is 0 Å². The summed E-state index contributed by atoms with van der Waals surface area (Å²) in [6.07, 6.45) is 5.25. The van der Waals surface area contributed by atoms with Crippen LogP contribution in [-0.4, -0.2) is 61.0 Å². The summed E-state index contributed by atoms with van der Waals surface area (Å²) in [6.45, 7) is 8.51. The smallest absolute Gasteiger partial charge is 0.227 e. The van der Waals surface area contributed by atoms with Crippen LogP contribution in [0, 0.1) is 11.8 Å². The van der Waals surface area contributed by atoms with Gasteiger partial charge in [0.25, 0.3) is 0 Å². The van der Waals surface area contributed by atoms with Gasteiger partial charge in [0.1, 0.15) is 0 Å². The SMILES string of the molecule is C[C@@H]1CNC[C@H]1C(=O)N1CCC(N2CCCCC2)C1.Cl. The fourth-order valence-electron chi connectivity index (χ4n) is 3.90. The first kappa shape index (κ1) is 16.1. The molecule has 3 fully saturated rings. The standard InChI is InChI=1S/C15H27N3O.ClH/c1-12-9-16-10-14(12)15(19)18-8-5-13(11-18)17-6-3-2-4-7-17;/h12-14,16H,2-11H2,1H3;1H/t12-,13?,14-;/m1./s1. The fourth-order valence-corrected chi connectivity index (χ4v) is 3.90. The lowest BCUT2D eigenvalue weighted by molar-refractivity contribution is -0.135. The van der Waals surface area contributed by atoms with E-state index in [1.54, 1.807) is 0 Å². The highest BCUT2D eigenvalue weighted by Gasteiger charge is 2.37. The molecule has 0 saturated carbocycles. The van der Waals surface area contributed by atoms with E-state index in [4.69, 9.17) is 0 Å². The highest BCUT2D eigenvalue weighted by atomic mass is 35.5. The quantitative estimate of drug-likeness (QED) is 0.836. The average molecular weight is 302 g/mol. The lowest BCUT2D eigenvalue weighted by Crippen LogP contribution is -2.43. The van der Waals surface area contributed by atoms with Gasteiger partial charge in [-0.3, -0.25) is 9.69 Å². The van der Waals surface area contributed by atoms with Gasteiger partial charge >= 0.3 is 0 Å². The number of halogens is 1. The number of amides is 1. The Hall–Kier alpha value is -0.320. The van der Waals surface area contributed by atoms with Crippen LogP contribution in [0.15, 0.2) is 0 Å². The molecule has 0 radical (unpaired) electrons. The molecule has 3 rings (SSSR count). The minimum atomic E-state index is 0. The summed E-state index contributed by atoms with van der Waals surface area (Å²) >= 11 is 0. The second-order valence-corrected chi connectivity index (χ2v) is 6.57. The molecule has 3 aliphatic rings. The Bertz CT molecular complexity index is 333. The molecule has 1 N–H and O–H groups in total. The first-order valence-electron chi connectivity index (χ1n) is 7.99. The van der Waals surface area contributed by atoms with Crippen LogP contribution in [0.1, 0.15) is 32.6 Å². The molecule has 5 heteroatoms. The van der Waals surface area contributed by atoms with Crippen molar-refractivity contribution in [1.82, 2.24) is 15.1 Å². The van der Waals surface area contributed by atoms with E-state index in [1.807, 2.05) is 0 Å². The maximum absolute atomic E-state index is 12.6. The van der Waals surface area contributed by atoms with Crippen molar-refractivity contribution in [3.63, 3.8) is 0 Å². The lowest BCUT2D eigenvalue weighted by atomic mass is 9.97. The van der Waals surface area contributed by atoms with Crippen LogP contribution < -0.4 is 5.32 Å². The van der Waals surface area contributed by atoms with Gasteiger partial charge in [0.2, 0.25) is 5.91 Å². The van der Waals surface area contributed by atoms with Gasteiger partial charge in [-0.25, -0.2) is 0 Å². The number of hydrogen-bond acceptors (Lipinski definition) is 3.